The van der Waals surface area contributed by atoms with E-state index in [2.05, 4.69) is 0 Å². The topological polar surface area (TPSA) is 20.2 Å². The minimum absolute atomic E-state index is 0.188. The van der Waals surface area contributed by atoms with Crippen LogP contribution in [0, 0.1) is 0 Å². The van der Waals surface area contributed by atoms with Crippen molar-refractivity contribution < 1.29 is 18.3 Å². The van der Waals surface area contributed by atoms with Gasteiger partial charge in [0.15, 0.2) is 0 Å². The first-order valence-electron chi connectivity index (χ1n) is 5.41. The van der Waals surface area contributed by atoms with E-state index < -0.39 is 17.8 Å². The van der Waals surface area contributed by atoms with Crippen molar-refractivity contribution in [1.82, 2.24) is 0 Å². The van der Waals surface area contributed by atoms with Crippen molar-refractivity contribution in [2.75, 3.05) is 0 Å². The lowest BCUT2D eigenvalue weighted by Gasteiger charge is -2.09. The molecule has 1 heterocycles. The number of hydrogen-bond donors (Lipinski definition) is 1. The summed E-state index contributed by atoms with van der Waals surface area (Å²) in [6.45, 7) is 1.70. The average Bonchev–Trinajstić information content (AvgIpc) is 2.55. The molecule has 5 heteroatoms. The molecule has 0 aromatic heterocycles. The Bertz CT molecular complexity index is 415. The zero-order chi connectivity index (χ0) is 12.6. The number of aliphatic hydroxyl groups excluding tert-OH is 1. The van der Waals surface area contributed by atoms with Gasteiger partial charge in [-0.2, -0.15) is 13.2 Å². The maximum absolute atomic E-state index is 12.5. The molecule has 1 aromatic carbocycles. The first-order chi connectivity index (χ1) is 7.86. The minimum Gasteiger partial charge on any atom is -0.393 e. The Hall–Kier alpha value is -0.680. The highest BCUT2D eigenvalue weighted by molar-refractivity contribution is 8.00. The molecule has 0 aliphatic carbocycles. The van der Waals surface area contributed by atoms with Crippen molar-refractivity contribution in [3.63, 3.8) is 0 Å². The standard InChI is InChI=1S/C12H13F3OS/c1-7(16)4-10-6-8-5-9(12(13,14)15)2-3-11(8)17-10/h2-3,5,7,10,16H,4,6H2,1H3. The van der Waals surface area contributed by atoms with Crippen LogP contribution in [-0.4, -0.2) is 16.5 Å². The third kappa shape index (κ3) is 2.96. The molecule has 0 saturated heterocycles. The molecule has 2 atom stereocenters. The van der Waals surface area contributed by atoms with Crippen LogP contribution in [0.5, 0.6) is 0 Å². The van der Waals surface area contributed by atoms with E-state index in [0.717, 1.165) is 16.5 Å². The van der Waals surface area contributed by atoms with Crippen molar-refractivity contribution >= 4 is 11.8 Å². The van der Waals surface area contributed by atoms with Gasteiger partial charge in [-0.25, -0.2) is 0 Å². The molecule has 0 amide bonds. The van der Waals surface area contributed by atoms with E-state index in [4.69, 9.17) is 0 Å². The van der Waals surface area contributed by atoms with Crippen molar-refractivity contribution in [3.05, 3.63) is 29.3 Å². The summed E-state index contributed by atoms with van der Waals surface area (Å²) in [5.41, 5.74) is 0.157. The second kappa shape index (κ2) is 4.53. The van der Waals surface area contributed by atoms with Gasteiger partial charge in [-0.15, -0.1) is 11.8 Å². The van der Waals surface area contributed by atoms with Crippen LogP contribution in [-0.2, 0) is 12.6 Å². The van der Waals surface area contributed by atoms with E-state index in [-0.39, 0.29) is 5.25 Å². The van der Waals surface area contributed by atoms with E-state index >= 15 is 0 Å². The van der Waals surface area contributed by atoms with Crippen LogP contribution in [0.2, 0.25) is 0 Å². The molecule has 17 heavy (non-hydrogen) atoms. The fourth-order valence-corrected chi connectivity index (χ4v) is 3.45. The van der Waals surface area contributed by atoms with Gasteiger partial charge in [-0.1, -0.05) is 0 Å². The molecule has 0 spiro atoms. The maximum Gasteiger partial charge on any atom is 0.416 e. The van der Waals surface area contributed by atoms with Gasteiger partial charge in [0.05, 0.1) is 11.7 Å². The molecule has 0 radical (unpaired) electrons. The van der Waals surface area contributed by atoms with Gasteiger partial charge < -0.3 is 5.11 Å². The minimum atomic E-state index is -4.28. The average molecular weight is 262 g/mol. The summed E-state index contributed by atoms with van der Waals surface area (Å²) in [5, 5.41) is 9.47. The number of halogens is 3. The molecule has 0 bridgehead atoms. The molecule has 0 saturated carbocycles. The monoisotopic (exact) mass is 262 g/mol. The van der Waals surface area contributed by atoms with Crippen molar-refractivity contribution in [3.8, 4) is 0 Å². The SMILES string of the molecule is CC(O)CC1Cc2cc(C(F)(F)F)ccc2S1. The van der Waals surface area contributed by atoms with Gasteiger partial charge >= 0.3 is 6.18 Å². The van der Waals surface area contributed by atoms with Gasteiger partial charge in [-0.05, 0) is 43.5 Å². The molecular formula is C12H13F3OS. The maximum atomic E-state index is 12.5. The summed E-state index contributed by atoms with van der Waals surface area (Å²) in [6, 6.07) is 3.88. The Kier molecular flexibility index (Phi) is 3.41. The lowest BCUT2D eigenvalue weighted by molar-refractivity contribution is -0.137. The summed E-state index contributed by atoms with van der Waals surface area (Å²) in [4.78, 5) is 0.906. The summed E-state index contributed by atoms with van der Waals surface area (Å²) < 4.78 is 37.6. The summed E-state index contributed by atoms with van der Waals surface area (Å²) in [5.74, 6) is 0. The van der Waals surface area contributed by atoms with Crippen molar-refractivity contribution in [2.45, 2.75) is 42.2 Å². The molecular weight excluding hydrogens is 249 g/mol. The predicted octanol–water partition coefficient (Wildman–Crippen LogP) is 3.49. The highest BCUT2D eigenvalue weighted by Gasteiger charge is 2.32. The number of thioether (sulfide) groups is 1. The number of benzene rings is 1. The quantitative estimate of drug-likeness (QED) is 0.880. The van der Waals surface area contributed by atoms with Crippen LogP contribution in [0.15, 0.2) is 23.1 Å². The number of alkyl halides is 3. The largest absolute Gasteiger partial charge is 0.416 e. The summed E-state index contributed by atoms with van der Waals surface area (Å²) >= 11 is 1.56. The van der Waals surface area contributed by atoms with E-state index in [1.165, 1.54) is 12.1 Å². The van der Waals surface area contributed by atoms with E-state index in [1.54, 1.807) is 18.7 Å². The van der Waals surface area contributed by atoms with Gasteiger partial charge in [0, 0.05) is 10.1 Å². The van der Waals surface area contributed by atoms with Crippen LogP contribution in [0.25, 0.3) is 0 Å². The summed E-state index contributed by atoms with van der Waals surface area (Å²) in [6.07, 6.45) is -3.47. The fraction of sp³-hybridized carbons (Fsp3) is 0.500. The normalized spacial score (nSPS) is 21.4. The molecule has 1 nitrogen and oxygen atoms in total. The number of fused-ring (bicyclic) bond motifs is 1. The Morgan fingerprint density at radius 2 is 2.18 bits per heavy atom. The van der Waals surface area contributed by atoms with Gasteiger partial charge in [-0.3, -0.25) is 0 Å². The Morgan fingerprint density at radius 3 is 2.76 bits per heavy atom. The lowest BCUT2D eigenvalue weighted by atomic mass is 10.0. The third-order valence-corrected chi connectivity index (χ3v) is 4.08. The van der Waals surface area contributed by atoms with Gasteiger partial charge in [0.1, 0.15) is 0 Å². The molecule has 1 aliphatic heterocycles. The zero-order valence-electron chi connectivity index (χ0n) is 9.29. The highest BCUT2D eigenvalue weighted by atomic mass is 32.2. The van der Waals surface area contributed by atoms with Crippen LogP contribution >= 0.6 is 11.8 Å². The van der Waals surface area contributed by atoms with E-state index in [1.807, 2.05) is 0 Å². The third-order valence-electron chi connectivity index (χ3n) is 2.73. The Morgan fingerprint density at radius 1 is 1.47 bits per heavy atom. The first kappa shape index (κ1) is 12.8. The lowest BCUT2D eigenvalue weighted by Crippen LogP contribution is -2.11. The van der Waals surface area contributed by atoms with Gasteiger partial charge in [0.2, 0.25) is 0 Å². The van der Waals surface area contributed by atoms with Crippen LogP contribution < -0.4 is 0 Å². The van der Waals surface area contributed by atoms with Crippen LogP contribution in [0.4, 0.5) is 13.2 Å². The molecule has 1 aliphatic rings. The Labute approximate surface area is 102 Å². The van der Waals surface area contributed by atoms with Crippen LogP contribution in [0.1, 0.15) is 24.5 Å². The molecule has 2 rings (SSSR count). The van der Waals surface area contributed by atoms with E-state index in [0.29, 0.717) is 12.8 Å². The fourth-order valence-electron chi connectivity index (χ4n) is 2.01. The number of aliphatic hydroxyl groups is 1. The molecule has 1 N–H and O–H groups in total. The predicted molar refractivity (Wildman–Crippen MR) is 61.1 cm³/mol. The smallest absolute Gasteiger partial charge is 0.393 e. The highest BCUT2D eigenvalue weighted by Crippen LogP contribution is 2.41. The number of hydrogen-bond acceptors (Lipinski definition) is 2. The molecule has 94 valence electrons. The van der Waals surface area contributed by atoms with E-state index in [9.17, 15) is 18.3 Å². The van der Waals surface area contributed by atoms with Crippen LogP contribution in [0.3, 0.4) is 0 Å². The first-order valence-corrected chi connectivity index (χ1v) is 6.29. The summed E-state index contributed by atoms with van der Waals surface area (Å²) in [7, 11) is 0. The number of rotatable bonds is 2. The Balaban J connectivity index is 2.17. The van der Waals surface area contributed by atoms with Gasteiger partial charge in [0.25, 0.3) is 0 Å². The van der Waals surface area contributed by atoms with Crippen molar-refractivity contribution in [2.24, 2.45) is 0 Å². The molecule has 1 aromatic rings. The molecule has 2 unspecified atom stereocenters. The second-order valence-corrected chi connectivity index (χ2v) is 5.69. The second-order valence-electron chi connectivity index (χ2n) is 4.35. The molecule has 0 fully saturated rings. The van der Waals surface area contributed by atoms with Crippen molar-refractivity contribution in [1.29, 1.82) is 0 Å². The zero-order valence-corrected chi connectivity index (χ0v) is 10.1.